The Kier molecular flexibility index (Phi) is 7.22. The molecule has 1 rings (SSSR count). The minimum Gasteiger partial charge on any atom is -0.386 e. The first-order valence-corrected chi connectivity index (χ1v) is 6.82. The van der Waals surface area contributed by atoms with Crippen molar-refractivity contribution in [3.63, 3.8) is 0 Å². The normalized spacial score (nSPS) is 10.6. The average Bonchev–Trinajstić information content (AvgIpc) is 2.50. The van der Waals surface area contributed by atoms with Gasteiger partial charge in [-0.2, -0.15) is 4.91 Å². The molecule has 0 aliphatic carbocycles. The van der Waals surface area contributed by atoms with Crippen LogP contribution in [0, 0.1) is 34.0 Å². The molecule has 0 bridgehead atoms. The number of carbonyl (C=O) groups is 1. The number of nitrogens with zero attached hydrogens (tertiary/aromatic N) is 1. The van der Waals surface area contributed by atoms with E-state index in [2.05, 4.69) is 9.36 Å². The third-order valence-corrected chi connectivity index (χ3v) is 3.31. The summed E-state index contributed by atoms with van der Waals surface area (Å²) < 4.78 is 69.5. The van der Waals surface area contributed by atoms with Gasteiger partial charge in [-0.1, -0.05) is 11.6 Å². The van der Waals surface area contributed by atoms with Gasteiger partial charge in [0.2, 0.25) is 5.82 Å². The van der Waals surface area contributed by atoms with Gasteiger partial charge in [0.15, 0.2) is 23.3 Å². The van der Waals surface area contributed by atoms with E-state index < -0.39 is 40.0 Å². The molecule has 0 heterocycles. The first-order valence-electron chi connectivity index (χ1n) is 6.08. The quantitative estimate of drug-likeness (QED) is 0.177. The predicted molar refractivity (Wildman–Crippen MR) is 67.3 cm³/mol. The highest BCUT2D eigenvalue weighted by atomic mass is 32.2. The van der Waals surface area contributed by atoms with Gasteiger partial charge in [-0.3, -0.25) is 4.79 Å². The molecule has 0 saturated carbocycles. The zero-order valence-corrected chi connectivity index (χ0v) is 11.8. The highest BCUT2D eigenvalue weighted by Gasteiger charge is 2.27. The Morgan fingerprint density at radius 1 is 0.909 bits per heavy atom. The van der Waals surface area contributed by atoms with Gasteiger partial charge < -0.3 is 4.18 Å². The largest absolute Gasteiger partial charge is 0.386 e. The smallest absolute Gasteiger partial charge is 0.318 e. The van der Waals surface area contributed by atoms with Gasteiger partial charge in [0.1, 0.15) is 16.9 Å². The topological polar surface area (TPSA) is 55.7 Å². The zero-order chi connectivity index (χ0) is 16.7. The lowest BCUT2D eigenvalue weighted by atomic mass is 10.2. The number of halogens is 5. The van der Waals surface area contributed by atoms with Crippen LogP contribution in [-0.4, -0.2) is 12.5 Å². The Bertz CT molecular complexity index is 541. The van der Waals surface area contributed by atoms with E-state index in [0.29, 0.717) is 19.3 Å². The van der Waals surface area contributed by atoms with E-state index in [0.717, 1.165) is 0 Å². The molecular weight excluding hydrogens is 333 g/mol. The first-order chi connectivity index (χ1) is 10.4. The number of unbranched alkanes of at least 4 members (excludes halogenated alkanes) is 2. The molecule has 0 aliphatic rings. The molecule has 0 unspecified atom stereocenters. The SMILES string of the molecule is O=NCCCCCC(=O)OSc1c(F)c(F)c(F)c(F)c1F. The lowest BCUT2D eigenvalue weighted by Gasteiger charge is -2.07. The molecule has 0 radical (unpaired) electrons. The summed E-state index contributed by atoms with van der Waals surface area (Å²) >= 11 is -0.228. The number of hydrogen-bond donors (Lipinski definition) is 0. The van der Waals surface area contributed by atoms with Gasteiger partial charge >= 0.3 is 5.97 Å². The molecular formula is C12H10F5NO3S. The highest BCUT2D eigenvalue weighted by molar-refractivity contribution is 7.95. The number of rotatable bonds is 8. The Labute approximate surface area is 126 Å². The van der Waals surface area contributed by atoms with Crippen molar-refractivity contribution in [1.82, 2.24) is 0 Å². The van der Waals surface area contributed by atoms with Crippen molar-refractivity contribution in [2.75, 3.05) is 6.54 Å². The fourth-order valence-corrected chi connectivity index (χ4v) is 2.00. The summed E-state index contributed by atoms with van der Waals surface area (Å²) in [4.78, 5) is 19.8. The molecule has 0 fully saturated rings. The molecule has 22 heavy (non-hydrogen) atoms. The molecule has 0 atom stereocenters. The van der Waals surface area contributed by atoms with Gasteiger partial charge in [-0.25, -0.2) is 22.0 Å². The van der Waals surface area contributed by atoms with Crippen LogP contribution in [-0.2, 0) is 8.98 Å². The second-order valence-electron chi connectivity index (χ2n) is 4.10. The van der Waals surface area contributed by atoms with Gasteiger partial charge in [0.05, 0.1) is 6.54 Å². The van der Waals surface area contributed by atoms with Crippen molar-refractivity contribution in [2.24, 2.45) is 5.18 Å². The van der Waals surface area contributed by atoms with E-state index in [-0.39, 0.29) is 25.0 Å². The van der Waals surface area contributed by atoms with Crippen LogP contribution in [0.3, 0.4) is 0 Å². The molecule has 0 amide bonds. The maximum Gasteiger partial charge on any atom is 0.318 e. The minimum atomic E-state index is -2.28. The van der Waals surface area contributed by atoms with Crippen LogP contribution in [0.5, 0.6) is 0 Å². The molecule has 0 spiro atoms. The molecule has 10 heteroatoms. The van der Waals surface area contributed by atoms with E-state index in [9.17, 15) is 31.7 Å². The van der Waals surface area contributed by atoms with Gasteiger partial charge in [-0.15, -0.1) is 0 Å². The van der Waals surface area contributed by atoms with Crippen LogP contribution >= 0.6 is 12.0 Å². The predicted octanol–water partition coefficient (Wildman–Crippen LogP) is 4.26. The molecule has 0 aliphatic heterocycles. The summed E-state index contributed by atoms with van der Waals surface area (Å²) in [5.74, 6) is -11.5. The summed E-state index contributed by atoms with van der Waals surface area (Å²) in [6.45, 7) is 0.106. The molecule has 122 valence electrons. The number of carbonyl (C=O) groups excluding carboxylic acids is 1. The maximum atomic E-state index is 13.3. The van der Waals surface area contributed by atoms with Crippen molar-refractivity contribution in [3.8, 4) is 0 Å². The maximum absolute atomic E-state index is 13.3. The number of hydrogen-bond acceptors (Lipinski definition) is 5. The van der Waals surface area contributed by atoms with E-state index >= 15 is 0 Å². The summed E-state index contributed by atoms with van der Waals surface area (Å²) in [7, 11) is 0. The molecule has 1 aromatic carbocycles. The van der Waals surface area contributed by atoms with Gasteiger partial charge in [0, 0.05) is 6.42 Å². The van der Waals surface area contributed by atoms with Crippen LogP contribution in [0.2, 0.25) is 0 Å². The lowest BCUT2D eigenvalue weighted by molar-refractivity contribution is -0.133. The van der Waals surface area contributed by atoms with Crippen molar-refractivity contribution in [1.29, 1.82) is 0 Å². The van der Waals surface area contributed by atoms with E-state index in [1.807, 2.05) is 0 Å². The van der Waals surface area contributed by atoms with E-state index in [1.165, 1.54) is 0 Å². The average molecular weight is 343 g/mol. The Balaban J connectivity index is 2.58. The van der Waals surface area contributed by atoms with E-state index in [4.69, 9.17) is 0 Å². The fourth-order valence-electron chi connectivity index (χ4n) is 1.41. The second kappa shape index (κ2) is 8.66. The van der Waals surface area contributed by atoms with Crippen molar-refractivity contribution < 1.29 is 30.9 Å². The summed E-state index contributed by atoms with van der Waals surface area (Å²) in [6.07, 6.45) is 1.20. The Morgan fingerprint density at radius 3 is 2.00 bits per heavy atom. The van der Waals surface area contributed by atoms with Gasteiger partial charge in [-0.05, 0) is 12.8 Å². The third kappa shape index (κ3) is 4.65. The van der Waals surface area contributed by atoms with Gasteiger partial charge in [0.25, 0.3) is 0 Å². The van der Waals surface area contributed by atoms with Crippen molar-refractivity contribution in [2.45, 2.75) is 30.6 Å². The minimum absolute atomic E-state index is 0.106. The molecule has 0 aromatic heterocycles. The summed E-state index contributed by atoms with van der Waals surface area (Å²) in [5, 5.41) is 2.62. The van der Waals surface area contributed by atoms with Crippen LogP contribution in [0.25, 0.3) is 0 Å². The van der Waals surface area contributed by atoms with Crippen LogP contribution in [0.1, 0.15) is 25.7 Å². The van der Waals surface area contributed by atoms with Crippen LogP contribution in [0.15, 0.2) is 10.1 Å². The Hall–Kier alpha value is -1.71. The number of nitroso groups, excluding NO2 is 1. The van der Waals surface area contributed by atoms with E-state index in [1.54, 1.807) is 0 Å². The standard InChI is InChI=1S/C12H10F5NO3S/c13-7-8(14)10(16)12(11(17)9(7)15)22-21-6(19)4-2-1-3-5-18-20/h1-5H2. The summed E-state index contributed by atoms with van der Waals surface area (Å²) in [6, 6.07) is 0. The highest BCUT2D eigenvalue weighted by Crippen LogP contribution is 2.31. The lowest BCUT2D eigenvalue weighted by Crippen LogP contribution is -2.05. The molecule has 0 N–H and O–H groups in total. The number of benzene rings is 1. The van der Waals surface area contributed by atoms with Crippen molar-refractivity contribution in [3.05, 3.63) is 34.0 Å². The summed E-state index contributed by atoms with van der Waals surface area (Å²) in [5.41, 5.74) is 0. The van der Waals surface area contributed by atoms with Crippen molar-refractivity contribution >= 4 is 18.0 Å². The molecule has 4 nitrogen and oxygen atoms in total. The fraction of sp³-hybridized carbons (Fsp3) is 0.417. The van der Waals surface area contributed by atoms with Crippen LogP contribution in [0.4, 0.5) is 22.0 Å². The zero-order valence-electron chi connectivity index (χ0n) is 11.0. The second-order valence-corrected chi connectivity index (χ2v) is 4.84. The molecule has 0 saturated heterocycles. The first kappa shape index (κ1) is 18.3. The van der Waals surface area contributed by atoms with Crippen LogP contribution < -0.4 is 0 Å². The Morgan fingerprint density at radius 2 is 1.45 bits per heavy atom. The monoisotopic (exact) mass is 343 g/mol. The molecule has 1 aromatic rings. The third-order valence-electron chi connectivity index (χ3n) is 2.52.